The minimum absolute atomic E-state index is 0.0170. The van der Waals surface area contributed by atoms with E-state index in [1.165, 1.54) is 43.7 Å². The Morgan fingerprint density at radius 2 is 1.74 bits per heavy atom. The van der Waals surface area contributed by atoms with Crippen molar-refractivity contribution in [1.82, 2.24) is 14.5 Å². The van der Waals surface area contributed by atoms with Gasteiger partial charge in [0.1, 0.15) is 11.5 Å². The summed E-state index contributed by atoms with van der Waals surface area (Å²) in [4.78, 5) is 14.7. The second-order valence-electron chi connectivity index (χ2n) is 10.6. The largest absolute Gasteiger partial charge is 0.370 e. The highest BCUT2D eigenvalue weighted by atomic mass is 35.5. The first-order valence-corrected chi connectivity index (χ1v) is 15.7. The molecular weight excluding hydrogens is 557 g/mol. The number of nitrogens with one attached hydrogen (secondary N) is 1. The zero-order valence-electron chi connectivity index (χ0n) is 23.1. The molecular formula is C29H41Cl2N3O4S. The molecule has 216 valence electrons. The van der Waals surface area contributed by atoms with Crippen molar-refractivity contribution in [3.8, 4) is 0 Å². The smallest absolute Gasteiger partial charge is 0.246 e. The van der Waals surface area contributed by atoms with E-state index >= 15 is 0 Å². The molecule has 39 heavy (non-hydrogen) atoms. The fraction of sp³-hybridized carbons (Fsp3) is 0.552. The average Bonchev–Trinajstić information content (AvgIpc) is 2.90. The Morgan fingerprint density at radius 1 is 1.05 bits per heavy atom. The molecule has 1 aliphatic rings. The molecule has 3 rings (SSSR count). The molecule has 1 fully saturated rings. The van der Waals surface area contributed by atoms with Gasteiger partial charge in [0, 0.05) is 31.2 Å². The molecule has 1 atom stereocenters. The van der Waals surface area contributed by atoms with E-state index in [0.29, 0.717) is 29.4 Å². The average molecular weight is 599 g/mol. The summed E-state index contributed by atoms with van der Waals surface area (Å²) in [7, 11) is 2.03. The Kier molecular flexibility index (Phi) is 12.5. The van der Waals surface area contributed by atoms with E-state index in [1.54, 1.807) is 0 Å². The molecule has 0 saturated heterocycles. The zero-order chi connectivity index (χ0) is 28.4. The van der Waals surface area contributed by atoms with Gasteiger partial charge in [0.25, 0.3) is 0 Å². The lowest BCUT2D eigenvalue weighted by Crippen LogP contribution is -2.39. The van der Waals surface area contributed by atoms with Crippen LogP contribution >= 0.6 is 23.2 Å². The second-order valence-corrected chi connectivity index (χ2v) is 13.5. The number of carbonyl (C=O) groups excluding carboxylic acids is 1. The van der Waals surface area contributed by atoms with Gasteiger partial charge in [0.05, 0.1) is 11.6 Å². The van der Waals surface area contributed by atoms with E-state index in [4.69, 9.17) is 27.9 Å². The molecule has 1 saturated carbocycles. The maximum atomic E-state index is 12.7. The monoisotopic (exact) mass is 597 g/mol. The maximum absolute atomic E-state index is 12.7. The van der Waals surface area contributed by atoms with Gasteiger partial charge in [-0.05, 0) is 88.2 Å². The van der Waals surface area contributed by atoms with Crippen molar-refractivity contribution in [2.75, 3.05) is 47.4 Å². The van der Waals surface area contributed by atoms with Crippen LogP contribution in [-0.4, -0.2) is 77.0 Å². The van der Waals surface area contributed by atoms with E-state index in [9.17, 15) is 13.2 Å². The fourth-order valence-corrected chi connectivity index (χ4v) is 7.19. The van der Waals surface area contributed by atoms with E-state index in [0.717, 1.165) is 30.0 Å². The Bertz CT molecular complexity index is 1160. The number of hydrogen-bond acceptors (Lipinski definition) is 5. The van der Waals surface area contributed by atoms with Crippen molar-refractivity contribution in [1.29, 1.82) is 0 Å². The number of ether oxygens (including phenoxy) is 1. The van der Waals surface area contributed by atoms with E-state index in [1.807, 2.05) is 0 Å². The van der Waals surface area contributed by atoms with E-state index in [2.05, 4.69) is 54.6 Å². The maximum Gasteiger partial charge on any atom is 0.246 e. The van der Waals surface area contributed by atoms with Crippen LogP contribution in [0.15, 0.2) is 53.4 Å². The Hall–Kier alpha value is -1.68. The van der Waals surface area contributed by atoms with Crippen molar-refractivity contribution < 1.29 is 17.9 Å². The van der Waals surface area contributed by atoms with Crippen molar-refractivity contribution in [2.45, 2.75) is 49.5 Å². The highest BCUT2D eigenvalue weighted by Crippen LogP contribution is 2.33. The molecule has 1 amide bonds. The van der Waals surface area contributed by atoms with Crippen LogP contribution in [0.5, 0.6) is 0 Å². The van der Waals surface area contributed by atoms with Crippen LogP contribution in [0.4, 0.5) is 0 Å². The summed E-state index contributed by atoms with van der Waals surface area (Å²) in [6.07, 6.45) is 6.81. The van der Waals surface area contributed by atoms with Gasteiger partial charge in [-0.3, -0.25) is 4.79 Å². The van der Waals surface area contributed by atoms with Gasteiger partial charge in [-0.1, -0.05) is 53.5 Å². The van der Waals surface area contributed by atoms with Crippen LogP contribution in [0.1, 0.15) is 37.7 Å². The molecule has 0 radical (unpaired) electrons. The van der Waals surface area contributed by atoms with Crippen LogP contribution in [0.3, 0.4) is 0 Å². The lowest BCUT2D eigenvalue weighted by atomic mass is 9.76. The lowest BCUT2D eigenvalue weighted by Gasteiger charge is -2.37. The molecule has 0 spiro atoms. The number of amides is 1. The third-order valence-corrected chi connectivity index (χ3v) is 10.2. The van der Waals surface area contributed by atoms with Gasteiger partial charge in [-0.15, -0.1) is 0 Å². The number of rotatable bonds is 14. The standard InChI is InChI=1S/C29H41Cl2N3O4S/c1-33(2)27(15-11-22-7-5-4-6-8-22)24-12-9-23(10-13-24)20-32-29(35)21-38-18-17-34(3)39(36,37)28-16-14-25(30)19-26(28)31/h4-8,14,16,19,23-24,27H,9-13,15,17-18,20-21H2,1-3H3,(H,32,35). The lowest BCUT2D eigenvalue weighted by molar-refractivity contribution is -0.126. The first-order chi connectivity index (χ1) is 18.6. The van der Waals surface area contributed by atoms with Crippen molar-refractivity contribution in [2.24, 2.45) is 11.8 Å². The molecule has 2 aromatic rings. The number of nitrogens with zero attached hydrogens (tertiary/aromatic N) is 2. The summed E-state index contributed by atoms with van der Waals surface area (Å²) >= 11 is 11.9. The van der Waals surface area contributed by atoms with Crippen LogP contribution in [-0.2, 0) is 26.0 Å². The third-order valence-electron chi connectivity index (χ3n) is 7.62. The van der Waals surface area contributed by atoms with Gasteiger partial charge in [-0.25, -0.2) is 8.42 Å². The van der Waals surface area contributed by atoms with Gasteiger partial charge in [-0.2, -0.15) is 4.31 Å². The summed E-state index contributed by atoms with van der Waals surface area (Å²) in [5.74, 6) is 0.968. The number of hydrogen-bond donors (Lipinski definition) is 1. The zero-order valence-corrected chi connectivity index (χ0v) is 25.4. The van der Waals surface area contributed by atoms with Gasteiger partial charge in [0.15, 0.2) is 0 Å². The fourth-order valence-electron chi connectivity index (χ4n) is 5.29. The number of likely N-dealkylation sites (N-methyl/N-ethyl adjacent to an activating group) is 1. The molecule has 0 heterocycles. The predicted molar refractivity (Wildman–Crippen MR) is 158 cm³/mol. The van der Waals surface area contributed by atoms with Crippen LogP contribution < -0.4 is 5.32 Å². The van der Waals surface area contributed by atoms with Crippen LogP contribution in [0.25, 0.3) is 0 Å². The number of sulfonamides is 1. The van der Waals surface area contributed by atoms with Crippen LogP contribution in [0, 0.1) is 11.8 Å². The summed E-state index contributed by atoms with van der Waals surface area (Å²) in [6.45, 7) is 0.728. The predicted octanol–water partition coefficient (Wildman–Crippen LogP) is 5.12. The molecule has 1 N–H and O–H groups in total. The molecule has 1 aliphatic carbocycles. The minimum atomic E-state index is -3.79. The summed E-state index contributed by atoms with van der Waals surface area (Å²) in [5.41, 5.74) is 1.39. The number of halogens is 2. The highest BCUT2D eigenvalue weighted by molar-refractivity contribution is 7.89. The SMILES string of the molecule is CN(C)C(CCc1ccccc1)C1CCC(CNC(=O)COCCN(C)S(=O)(=O)c2ccc(Cl)cc2Cl)CC1. The number of carbonyl (C=O) groups is 1. The quantitative estimate of drug-likeness (QED) is 0.306. The van der Waals surface area contributed by atoms with Crippen molar-refractivity contribution in [3.05, 3.63) is 64.1 Å². The van der Waals surface area contributed by atoms with Gasteiger partial charge >= 0.3 is 0 Å². The van der Waals surface area contributed by atoms with Gasteiger partial charge < -0.3 is 15.0 Å². The van der Waals surface area contributed by atoms with E-state index < -0.39 is 10.0 Å². The van der Waals surface area contributed by atoms with Crippen molar-refractivity contribution >= 4 is 39.1 Å². The molecule has 0 aromatic heterocycles. The second kappa shape index (κ2) is 15.4. The van der Waals surface area contributed by atoms with E-state index in [-0.39, 0.29) is 35.6 Å². The Morgan fingerprint density at radius 3 is 2.38 bits per heavy atom. The number of aryl methyl sites for hydroxylation is 1. The first-order valence-electron chi connectivity index (χ1n) is 13.5. The summed E-state index contributed by atoms with van der Waals surface area (Å²) in [6, 6.07) is 15.5. The van der Waals surface area contributed by atoms with Crippen molar-refractivity contribution in [3.63, 3.8) is 0 Å². The molecule has 7 nitrogen and oxygen atoms in total. The highest BCUT2D eigenvalue weighted by Gasteiger charge is 2.29. The molecule has 10 heteroatoms. The van der Waals surface area contributed by atoms with Crippen LogP contribution in [0.2, 0.25) is 10.0 Å². The third kappa shape index (κ3) is 9.73. The minimum Gasteiger partial charge on any atom is -0.370 e. The topological polar surface area (TPSA) is 79.0 Å². The Balaban J connectivity index is 1.33. The molecule has 2 aromatic carbocycles. The molecule has 0 bridgehead atoms. The first kappa shape index (κ1) is 31.8. The Labute approximate surface area is 243 Å². The van der Waals surface area contributed by atoms with Gasteiger partial charge in [0.2, 0.25) is 15.9 Å². The molecule has 1 unspecified atom stereocenters. The summed E-state index contributed by atoms with van der Waals surface area (Å²) < 4.78 is 32.1. The normalized spacial score (nSPS) is 18.8. The molecule has 0 aliphatic heterocycles. The summed E-state index contributed by atoms with van der Waals surface area (Å²) in [5, 5.41) is 3.41. The number of benzene rings is 2.